The predicted molar refractivity (Wildman–Crippen MR) is 110 cm³/mol. The van der Waals surface area contributed by atoms with Gasteiger partial charge in [-0.3, -0.25) is 9.69 Å². The molecule has 160 valence electrons. The van der Waals surface area contributed by atoms with Gasteiger partial charge in [0.05, 0.1) is 5.56 Å². The van der Waals surface area contributed by atoms with Crippen LogP contribution in [0.25, 0.3) is 0 Å². The van der Waals surface area contributed by atoms with E-state index in [1.165, 1.54) is 17.0 Å². The summed E-state index contributed by atoms with van der Waals surface area (Å²) in [6.07, 6.45) is -2.37. The van der Waals surface area contributed by atoms with Gasteiger partial charge in [0.25, 0.3) is 0 Å². The lowest BCUT2D eigenvalue weighted by atomic mass is 10.1. The molecule has 5 nitrogen and oxygen atoms in total. The van der Waals surface area contributed by atoms with Crippen molar-refractivity contribution in [3.05, 3.63) is 59.1 Å². The van der Waals surface area contributed by atoms with E-state index in [4.69, 9.17) is 11.6 Å². The third kappa shape index (κ3) is 6.13. The number of benzene rings is 2. The number of hydrogen-bond acceptors (Lipinski definition) is 2. The Kier molecular flexibility index (Phi) is 6.87. The molecule has 2 aromatic carbocycles. The molecule has 2 aromatic rings. The maximum Gasteiger partial charge on any atom is 0.416 e. The highest BCUT2D eigenvalue weighted by Gasteiger charge is 2.31. The van der Waals surface area contributed by atoms with Crippen LogP contribution in [0, 0.1) is 5.92 Å². The molecule has 0 aromatic heterocycles. The molecule has 1 aliphatic rings. The summed E-state index contributed by atoms with van der Waals surface area (Å²) in [5.74, 6) is 0.0454. The summed E-state index contributed by atoms with van der Waals surface area (Å²) in [5, 5.41) is 5.95. The number of hydrogen-bond donors (Lipinski definition) is 2. The van der Waals surface area contributed by atoms with E-state index in [2.05, 4.69) is 10.6 Å². The second-order valence-corrected chi connectivity index (χ2v) is 7.49. The van der Waals surface area contributed by atoms with Crippen molar-refractivity contribution in [3.8, 4) is 0 Å². The van der Waals surface area contributed by atoms with Crippen molar-refractivity contribution in [2.75, 3.05) is 23.3 Å². The number of alkyl halides is 3. The monoisotopic (exact) mass is 439 g/mol. The van der Waals surface area contributed by atoms with Gasteiger partial charge in [0, 0.05) is 35.4 Å². The molecule has 0 bridgehead atoms. The fraction of sp³-hybridized carbons (Fsp3) is 0.333. The van der Waals surface area contributed by atoms with E-state index >= 15 is 0 Å². The minimum absolute atomic E-state index is 0.0220. The summed E-state index contributed by atoms with van der Waals surface area (Å²) in [6, 6.07) is 10.4. The number of nitrogens with zero attached hydrogens (tertiary/aromatic N) is 1. The number of urea groups is 1. The zero-order valence-electron chi connectivity index (χ0n) is 16.0. The molecular formula is C21H21ClF3N3O2. The highest BCUT2D eigenvalue weighted by atomic mass is 35.5. The third-order valence-electron chi connectivity index (χ3n) is 4.63. The fourth-order valence-corrected chi connectivity index (χ4v) is 2.99. The molecule has 9 heteroatoms. The minimum Gasteiger partial charge on any atom is -0.356 e. The zero-order valence-corrected chi connectivity index (χ0v) is 16.8. The van der Waals surface area contributed by atoms with Crippen molar-refractivity contribution >= 4 is 34.9 Å². The average molecular weight is 440 g/mol. The Morgan fingerprint density at radius 1 is 1.10 bits per heavy atom. The molecule has 0 heterocycles. The van der Waals surface area contributed by atoms with Crippen molar-refractivity contribution in [2.45, 2.75) is 25.4 Å². The molecule has 30 heavy (non-hydrogen) atoms. The highest BCUT2D eigenvalue weighted by molar-refractivity contribution is 6.30. The smallest absolute Gasteiger partial charge is 0.356 e. The van der Waals surface area contributed by atoms with E-state index in [9.17, 15) is 22.8 Å². The Balaban J connectivity index is 1.72. The van der Waals surface area contributed by atoms with E-state index in [1.807, 2.05) is 0 Å². The first-order valence-electron chi connectivity index (χ1n) is 9.53. The summed E-state index contributed by atoms with van der Waals surface area (Å²) < 4.78 is 39.3. The van der Waals surface area contributed by atoms with Gasteiger partial charge in [-0.25, -0.2) is 4.79 Å². The summed E-state index contributed by atoms with van der Waals surface area (Å²) in [4.78, 5) is 25.8. The normalized spacial score (nSPS) is 13.6. The van der Waals surface area contributed by atoms with Gasteiger partial charge in [-0.2, -0.15) is 13.2 Å². The molecule has 1 fully saturated rings. The lowest BCUT2D eigenvalue weighted by molar-refractivity contribution is -0.137. The van der Waals surface area contributed by atoms with Crippen LogP contribution in [0.5, 0.6) is 0 Å². The first kappa shape index (κ1) is 22.0. The fourth-order valence-electron chi connectivity index (χ4n) is 2.86. The van der Waals surface area contributed by atoms with Gasteiger partial charge in [0.15, 0.2) is 0 Å². The molecule has 3 rings (SSSR count). The highest BCUT2D eigenvalue weighted by Crippen LogP contribution is 2.32. The Labute approximate surface area is 177 Å². The van der Waals surface area contributed by atoms with Crippen molar-refractivity contribution in [2.24, 2.45) is 5.92 Å². The molecule has 2 N–H and O–H groups in total. The molecule has 0 spiro atoms. The van der Waals surface area contributed by atoms with Crippen LogP contribution in [0.1, 0.15) is 24.8 Å². The van der Waals surface area contributed by atoms with Gasteiger partial charge in [-0.1, -0.05) is 17.7 Å². The van der Waals surface area contributed by atoms with Gasteiger partial charge in [0.1, 0.15) is 0 Å². The van der Waals surface area contributed by atoms with Crippen LogP contribution in [-0.4, -0.2) is 25.0 Å². The summed E-state index contributed by atoms with van der Waals surface area (Å²) in [6.45, 7) is 0.463. The van der Waals surface area contributed by atoms with Gasteiger partial charge in [-0.15, -0.1) is 0 Å². The number of carbonyl (C=O) groups excluding carboxylic acids is 2. The molecule has 1 saturated carbocycles. The topological polar surface area (TPSA) is 61.4 Å². The average Bonchev–Trinajstić information content (AvgIpc) is 3.54. The second-order valence-electron chi connectivity index (χ2n) is 7.06. The molecule has 3 amide bonds. The van der Waals surface area contributed by atoms with E-state index in [0.29, 0.717) is 23.7 Å². The van der Waals surface area contributed by atoms with Crippen molar-refractivity contribution in [1.29, 1.82) is 0 Å². The number of anilines is 2. The maximum atomic E-state index is 13.1. The first-order chi connectivity index (χ1) is 14.2. The van der Waals surface area contributed by atoms with Gasteiger partial charge in [-0.05, 0) is 61.7 Å². The lowest BCUT2D eigenvalue weighted by Crippen LogP contribution is -2.37. The summed E-state index contributed by atoms with van der Waals surface area (Å²) >= 11 is 5.84. The van der Waals surface area contributed by atoms with Crippen molar-refractivity contribution in [3.63, 3.8) is 0 Å². The first-order valence-corrected chi connectivity index (χ1v) is 9.91. The number of halogens is 4. The third-order valence-corrected chi connectivity index (χ3v) is 4.88. The largest absolute Gasteiger partial charge is 0.416 e. The lowest BCUT2D eigenvalue weighted by Gasteiger charge is -2.24. The van der Waals surface area contributed by atoms with Crippen molar-refractivity contribution < 1.29 is 22.8 Å². The molecule has 0 aliphatic heterocycles. The summed E-state index contributed by atoms with van der Waals surface area (Å²) in [5.41, 5.74) is -0.264. The second kappa shape index (κ2) is 9.38. The Hall–Kier alpha value is -2.74. The Morgan fingerprint density at radius 2 is 1.80 bits per heavy atom. The van der Waals surface area contributed by atoms with Gasteiger partial charge in [0.2, 0.25) is 5.91 Å². The van der Waals surface area contributed by atoms with Crippen LogP contribution in [0.4, 0.5) is 29.3 Å². The molecule has 0 atom stereocenters. The molecule has 1 aliphatic carbocycles. The van der Waals surface area contributed by atoms with Crippen LogP contribution in [0.3, 0.4) is 0 Å². The molecular weight excluding hydrogens is 419 g/mol. The standard InChI is InChI=1S/C21H21ClF3N3O2/c22-16-7-9-17(10-8-16)27-20(30)28(12-2-11-26-19(29)14-5-6-14)18-4-1-3-15(13-18)21(23,24)25/h1,3-4,7-10,13-14H,2,5-6,11-12H2,(H,26,29)(H,27,30). The quantitative estimate of drug-likeness (QED) is 0.574. The number of rotatable bonds is 7. The van der Waals surface area contributed by atoms with E-state index in [1.54, 1.807) is 24.3 Å². The van der Waals surface area contributed by atoms with Crippen LogP contribution in [-0.2, 0) is 11.0 Å². The van der Waals surface area contributed by atoms with Crippen LogP contribution >= 0.6 is 11.6 Å². The van der Waals surface area contributed by atoms with Crippen LogP contribution in [0.2, 0.25) is 5.02 Å². The van der Waals surface area contributed by atoms with E-state index in [-0.39, 0.29) is 24.1 Å². The zero-order chi connectivity index (χ0) is 21.7. The Morgan fingerprint density at radius 3 is 2.43 bits per heavy atom. The number of carbonyl (C=O) groups is 2. The van der Waals surface area contributed by atoms with Crippen molar-refractivity contribution in [1.82, 2.24) is 5.32 Å². The van der Waals surface area contributed by atoms with Gasteiger partial charge >= 0.3 is 12.2 Å². The molecule has 0 saturated heterocycles. The van der Waals surface area contributed by atoms with Gasteiger partial charge < -0.3 is 10.6 Å². The number of amides is 3. The van der Waals surface area contributed by atoms with Crippen LogP contribution < -0.4 is 15.5 Å². The minimum atomic E-state index is -4.52. The van der Waals surface area contributed by atoms with E-state index in [0.717, 1.165) is 25.0 Å². The van der Waals surface area contributed by atoms with Crippen LogP contribution in [0.15, 0.2) is 48.5 Å². The molecule has 0 unspecified atom stereocenters. The molecule has 0 radical (unpaired) electrons. The predicted octanol–water partition coefficient (Wildman–Crippen LogP) is 5.31. The van der Waals surface area contributed by atoms with E-state index < -0.39 is 17.8 Å². The SMILES string of the molecule is O=C(NCCCN(C(=O)Nc1ccc(Cl)cc1)c1cccc(C(F)(F)F)c1)C1CC1. The Bertz CT molecular complexity index is 899. The number of nitrogens with one attached hydrogen (secondary N) is 2. The summed E-state index contributed by atoms with van der Waals surface area (Å²) in [7, 11) is 0. The maximum absolute atomic E-state index is 13.1.